The molecule has 0 aliphatic carbocycles. The Balaban J connectivity index is 0.000000181. The molecule has 0 radical (unpaired) electrons. The Labute approximate surface area is 234 Å². The number of carbonyl (C=O) groups excluding carboxylic acids is 2. The molecule has 2 aliphatic heterocycles. The molecule has 2 aliphatic rings. The fraction of sp³-hybridized carbons (Fsp3) is 0.394. The number of benzene rings is 3. The Kier molecular flexibility index (Phi) is 10.5. The predicted molar refractivity (Wildman–Crippen MR) is 165 cm³/mol. The highest BCUT2D eigenvalue weighted by Crippen LogP contribution is 2.23. The summed E-state index contributed by atoms with van der Waals surface area (Å²) in [6.45, 7) is 6.24. The number of aryl methyl sites for hydroxylation is 2. The van der Waals surface area contributed by atoms with E-state index in [1.54, 1.807) is 0 Å². The summed E-state index contributed by atoms with van der Waals surface area (Å²) >= 11 is 0. The zero-order valence-electron chi connectivity index (χ0n) is 22.9. The molecule has 3 aromatic carbocycles. The second-order valence-electron chi connectivity index (χ2n) is 10.3. The zero-order valence-corrected chi connectivity index (χ0v) is 24.5. The predicted octanol–water partition coefficient (Wildman–Crippen LogP) is 7.36. The maximum Gasteiger partial charge on any atom is 0.214 e. The first-order valence-electron chi connectivity index (χ1n) is 13.7. The van der Waals surface area contributed by atoms with Crippen LogP contribution in [0.4, 0.5) is 0 Å². The summed E-state index contributed by atoms with van der Waals surface area (Å²) in [6.07, 6.45) is 5.21. The van der Waals surface area contributed by atoms with Crippen molar-refractivity contribution >= 4 is 33.4 Å². The van der Waals surface area contributed by atoms with E-state index in [0.29, 0.717) is 27.6 Å². The van der Waals surface area contributed by atoms with Gasteiger partial charge in [-0.25, -0.2) is 0 Å². The molecule has 1 atom stereocenters. The molecule has 5 heteroatoms. The van der Waals surface area contributed by atoms with Gasteiger partial charge in [-0.05, 0) is 117 Å². The second-order valence-corrected chi connectivity index (χ2v) is 15.2. The summed E-state index contributed by atoms with van der Waals surface area (Å²) in [5.41, 5.74) is 4.09. The molecule has 3 nitrogen and oxygen atoms in total. The van der Waals surface area contributed by atoms with Crippen molar-refractivity contribution in [3.63, 3.8) is 0 Å². The van der Waals surface area contributed by atoms with Gasteiger partial charge >= 0.3 is 0 Å². The molecular weight excluding hydrogens is 508 g/mol. The van der Waals surface area contributed by atoms with E-state index in [0.717, 1.165) is 28.4 Å². The fourth-order valence-electron chi connectivity index (χ4n) is 4.99. The number of ether oxygens (including phenoxy) is 1. The largest absolute Gasteiger partial charge is 0.457 e. The van der Waals surface area contributed by atoms with E-state index in [9.17, 15) is 9.59 Å². The normalized spacial score (nSPS) is 16.5. The molecule has 0 bridgehead atoms. The van der Waals surface area contributed by atoms with Crippen LogP contribution in [0.1, 0.15) is 64.4 Å². The Morgan fingerprint density at radius 2 is 1.29 bits per heavy atom. The summed E-state index contributed by atoms with van der Waals surface area (Å²) < 4.78 is 5.74. The molecule has 200 valence electrons. The summed E-state index contributed by atoms with van der Waals surface area (Å²) in [6, 6.07) is 23.4. The van der Waals surface area contributed by atoms with Crippen LogP contribution in [0, 0.1) is 13.8 Å². The van der Waals surface area contributed by atoms with Gasteiger partial charge in [0.1, 0.15) is 34.5 Å². The number of ketones is 2. The summed E-state index contributed by atoms with van der Waals surface area (Å²) in [5.74, 6) is 7.91. The Bertz CT molecular complexity index is 1170. The standard InChI is InChI=1S/C18H19O2S.C15H21OS/c19-18(14-21-12-4-5-13-21)15-8-10-17(11-9-15)20-16-6-2-1-3-7-16;1-11-8-12(2)10-14(9-11)15(16)13(3)17-6-4-5-7-17/h1-3,6-11H,4-5,12-14H2;8-10,13H,4-7H2,1-3H3/q2*+1. The van der Waals surface area contributed by atoms with Crippen LogP contribution in [0.5, 0.6) is 11.5 Å². The highest BCUT2D eigenvalue weighted by molar-refractivity contribution is 7.98. The van der Waals surface area contributed by atoms with Crippen LogP contribution in [0.25, 0.3) is 0 Å². The Morgan fingerprint density at radius 3 is 1.89 bits per heavy atom. The molecule has 0 N–H and O–H groups in total. The first-order valence-corrected chi connectivity index (χ1v) is 17.0. The molecule has 2 fully saturated rings. The van der Waals surface area contributed by atoms with Crippen molar-refractivity contribution in [2.24, 2.45) is 0 Å². The van der Waals surface area contributed by atoms with E-state index in [4.69, 9.17) is 4.74 Å². The minimum Gasteiger partial charge on any atom is -0.457 e. The van der Waals surface area contributed by atoms with Crippen molar-refractivity contribution in [2.45, 2.75) is 51.7 Å². The van der Waals surface area contributed by atoms with Crippen molar-refractivity contribution < 1.29 is 14.3 Å². The maximum atomic E-state index is 12.4. The number of carbonyl (C=O) groups is 2. The van der Waals surface area contributed by atoms with E-state index in [1.165, 1.54) is 59.8 Å². The van der Waals surface area contributed by atoms with E-state index >= 15 is 0 Å². The third-order valence-corrected chi connectivity index (χ3v) is 12.3. The highest BCUT2D eigenvalue weighted by Gasteiger charge is 2.35. The van der Waals surface area contributed by atoms with Crippen molar-refractivity contribution in [1.29, 1.82) is 0 Å². The molecule has 0 saturated carbocycles. The monoisotopic (exact) mass is 548 g/mol. The molecule has 38 heavy (non-hydrogen) atoms. The lowest BCUT2D eigenvalue weighted by Gasteiger charge is -2.11. The van der Waals surface area contributed by atoms with Crippen molar-refractivity contribution in [1.82, 2.24) is 0 Å². The number of hydrogen-bond acceptors (Lipinski definition) is 3. The number of rotatable bonds is 8. The van der Waals surface area contributed by atoms with Crippen LogP contribution < -0.4 is 4.74 Å². The average Bonchev–Trinajstić information content (AvgIpc) is 3.64. The maximum absolute atomic E-state index is 12.4. The minimum absolute atomic E-state index is 0.221. The van der Waals surface area contributed by atoms with E-state index in [1.807, 2.05) is 66.7 Å². The highest BCUT2D eigenvalue weighted by atomic mass is 32.2. The third kappa shape index (κ3) is 8.25. The van der Waals surface area contributed by atoms with Gasteiger partial charge in [0.25, 0.3) is 0 Å². The molecule has 3 aromatic rings. The van der Waals surface area contributed by atoms with Gasteiger partial charge < -0.3 is 4.74 Å². The third-order valence-electron chi connectivity index (χ3n) is 7.04. The fourth-order valence-corrected chi connectivity index (χ4v) is 9.75. The molecule has 0 aromatic heterocycles. The molecule has 2 saturated heterocycles. The zero-order chi connectivity index (χ0) is 26.9. The summed E-state index contributed by atoms with van der Waals surface area (Å²) in [7, 11) is 0.659. The van der Waals surface area contributed by atoms with Gasteiger partial charge in [-0.2, -0.15) is 0 Å². The summed E-state index contributed by atoms with van der Waals surface area (Å²) in [4.78, 5) is 24.7. The molecule has 0 amide bonds. The van der Waals surface area contributed by atoms with Gasteiger partial charge in [-0.3, -0.25) is 9.59 Å². The van der Waals surface area contributed by atoms with Crippen LogP contribution in [0.2, 0.25) is 0 Å². The van der Waals surface area contributed by atoms with Gasteiger partial charge in [0.2, 0.25) is 11.6 Å². The van der Waals surface area contributed by atoms with E-state index in [2.05, 4.69) is 26.8 Å². The molecule has 5 rings (SSSR count). The Hall–Kier alpha value is -2.50. The lowest BCUT2D eigenvalue weighted by atomic mass is 10.0. The number of hydrogen-bond donors (Lipinski definition) is 0. The van der Waals surface area contributed by atoms with Crippen LogP contribution in [0.3, 0.4) is 0 Å². The van der Waals surface area contributed by atoms with Gasteiger partial charge in [-0.15, -0.1) is 0 Å². The first-order chi connectivity index (χ1) is 18.4. The van der Waals surface area contributed by atoms with Crippen LogP contribution in [-0.2, 0) is 21.8 Å². The SMILES string of the molecule is Cc1cc(C)cc(C(=O)C(C)[S+]2CCCC2)c1.O=C(C[S+]1CCCC1)c1ccc(Oc2ccccc2)cc1. The lowest BCUT2D eigenvalue weighted by molar-refractivity contribution is 0.0990. The van der Waals surface area contributed by atoms with Crippen molar-refractivity contribution in [2.75, 3.05) is 28.8 Å². The van der Waals surface area contributed by atoms with Gasteiger partial charge in [0.15, 0.2) is 11.0 Å². The Morgan fingerprint density at radius 1 is 0.737 bits per heavy atom. The van der Waals surface area contributed by atoms with Crippen molar-refractivity contribution in [3.05, 3.63) is 95.1 Å². The van der Waals surface area contributed by atoms with Crippen LogP contribution >= 0.6 is 0 Å². The minimum atomic E-state index is 0.221. The van der Waals surface area contributed by atoms with E-state index in [-0.39, 0.29) is 11.0 Å². The van der Waals surface area contributed by atoms with Gasteiger partial charge in [0, 0.05) is 11.1 Å². The average molecular weight is 549 g/mol. The van der Waals surface area contributed by atoms with Crippen LogP contribution in [-0.4, -0.2) is 45.6 Å². The topological polar surface area (TPSA) is 43.4 Å². The second kappa shape index (κ2) is 14.0. The number of Topliss-reactive ketones (excluding diaryl/α,β-unsaturated/α-hetero) is 2. The van der Waals surface area contributed by atoms with Crippen molar-refractivity contribution in [3.8, 4) is 11.5 Å². The molecule has 2 heterocycles. The lowest BCUT2D eigenvalue weighted by Crippen LogP contribution is -2.29. The van der Waals surface area contributed by atoms with Crippen LogP contribution in [0.15, 0.2) is 72.8 Å². The summed E-state index contributed by atoms with van der Waals surface area (Å²) in [5, 5.41) is 0.221. The van der Waals surface area contributed by atoms with Gasteiger partial charge in [0.05, 0.1) is 0 Å². The first kappa shape index (κ1) is 28.5. The van der Waals surface area contributed by atoms with Gasteiger partial charge in [-0.1, -0.05) is 35.4 Å². The smallest absolute Gasteiger partial charge is 0.214 e. The molecular formula is C33H40O3S2+2. The molecule has 1 unspecified atom stereocenters. The number of para-hydroxylation sites is 1. The quantitative estimate of drug-likeness (QED) is 0.218. The van der Waals surface area contributed by atoms with E-state index < -0.39 is 0 Å². The molecule has 0 spiro atoms.